The lowest BCUT2D eigenvalue weighted by Gasteiger charge is -2.04. The summed E-state index contributed by atoms with van der Waals surface area (Å²) in [4.78, 5) is 11.8. The largest absolute Gasteiger partial charge is 0.307 e. The molecule has 16 heavy (non-hydrogen) atoms. The lowest BCUT2D eigenvalue weighted by molar-refractivity contribution is 0.102. The summed E-state index contributed by atoms with van der Waals surface area (Å²) in [5.41, 5.74) is 1.39. The molecule has 1 amide bonds. The molecule has 4 heteroatoms. The highest BCUT2D eigenvalue weighted by Crippen LogP contribution is 2.09. The smallest absolute Gasteiger partial charge is 0.257 e. The van der Waals surface area contributed by atoms with E-state index < -0.39 is 0 Å². The zero-order valence-corrected chi connectivity index (χ0v) is 9.19. The molecule has 0 saturated heterocycles. The average Bonchev–Trinajstić information content (AvgIpc) is 2.59. The number of hydrogen-bond donors (Lipinski definition) is 1. The van der Waals surface area contributed by atoms with E-state index in [0.29, 0.717) is 11.4 Å². The molecule has 0 fully saturated rings. The van der Waals surface area contributed by atoms with E-state index in [4.69, 9.17) is 0 Å². The molecular formula is C12H12N3O. The quantitative estimate of drug-likeness (QED) is 0.828. The summed E-state index contributed by atoms with van der Waals surface area (Å²) in [6.45, 7) is 1.88. The normalized spacial score (nSPS) is 10.1. The van der Waals surface area contributed by atoms with Crippen molar-refractivity contribution in [1.82, 2.24) is 9.78 Å². The van der Waals surface area contributed by atoms with Gasteiger partial charge in [0, 0.05) is 18.7 Å². The van der Waals surface area contributed by atoms with Crippen LogP contribution in [0.2, 0.25) is 0 Å². The minimum atomic E-state index is -0.177. The highest BCUT2D eigenvalue weighted by molar-refractivity contribution is 6.03. The van der Waals surface area contributed by atoms with Crippen LogP contribution >= 0.6 is 0 Å². The van der Waals surface area contributed by atoms with E-state index in [1.165, 1.54) is 0 Å². The molecule has 0 unspecified atom stereocenters. The molecular weight excluding hydrogens is 202 g/mol. The molecule has 0 aliphatic heterocycles. The number of benzene rings is 1. The summed E-state index contributed by atoms with van der Waals surface area (Å²) in [6.07, 6.45) is 0. The third kappa shape index (κ3) is 2.11. The third-order valence-electron chi connectivity index (χ3n) is 2.20. The molecule has 0 bridgehead atoms. The lowest BCUT2D eigenvalue weighted by Crippen LogP contribution is -2.14. The van der Waals surface area contributed by atoms with Crippen LogP contribution in [0.25, 0.3) is 0 Å². The van der Waals surface area contributed by atoms with Gasteiger partial charge in [-0.15, -0.1) is 0 Å². The number of aryl methyl sites for hydroxylation is 2. The molecule has 1 aromatic heterocycles. The summed E-state index contributed by atoms with van der Waals surface area (Å²) in [6, 6.07) is 11.8. The number of anilines is 1. The van der Waals surface area contributed by atoms with E-state index in [9.17, 15) is 4.79 Å². The number of carbonyl (C=O) groups is 1. The highest BCUT2D eigenvalue weighted by atomic mass is 16.1. The molecule has 1 radical (unpaired) electrons. The first-order valence-electron chi connectivity index (χ1n) is 4.95. The van der Waals surface area contributed by atoms with Gasteiger partial charge in [-0.25, -0.2) is 0 Å². The fourth-order valence-electron chi connectivity index (χ4n) is 1.45. The van der Waals surface area contributed by atoms with Gasteiger partial charge in [-0.05, 0) is 19.1 Å². The van der Waals surface area contributed by atoms with Gasteiger partial charge in [-0.3, -0.25) is 9.48 Å². The van der Waals surface area contributed by atoms with Gasteiger partial charge in [-0.1, -0.05) is 18.2 Å². The number of hydrogen-bond acceptors (Lipinski definition) is 2. The monoisotopic (exact) mass is 214 g/mol. The first kappa shape index (κ1) is 10.4. The maximum atomic E-state index is 11.8. The van der Waals surface area contributed by atoms with Crippen molar-refractivity contribution in [3.05, 3.63) is 47.7 Å². The maximum absolute atomic E-state index is 11.8. The van der Waals surface area contributed by atoms with Crippen LogP contribution in [0, 0.1) is 13.0 Å². The Morgan fingerprint density at radius 1 is 1.50 bits per heavy atom. The van der Waals surface area contributed by atoms with Gasteiger partial charge in [0.05, 0.1) is 5.69 Å². The Morgan fingerprint density at radius 3 is 2.88 bits per heavy atom. The fraction of sp³-hybridized carbons (Fsp3) is 0.167. The number of nitrogens with zero attached hydrogens (tertiary/aromatic N) is 2. The predicted molar refractivity (Wildman–Crippen MR) is 61.2 cm³/mol. The molecule has 0 atom stereocenters. The van der Waals surface area contributed by atoms with E-state index in [2.05, 4.69) is 16.5 Å². The predicted octanol–water partition coefficient (Wildman–Crippen LogP) is 1.78. The van der Waals surface area contributed by atoms with Gasteiger partial charge in [-0.2, -0.15) is 5.10 Å². The maximum Gasteiger partial charge on any atom is 0.257 e. The second kappa shape index (κ2) is 4.18. The molecule has 1 N–H and O–H groups in total. The first-order chi connectivity index (χ1) is 7.66. The summed E-state index contributed by atoms with van der Waals surface area (Å²) in [5.74, 6) is 0.503. The second-order valence-corrected chi connectivity index (χ2v) is 3.52. The third-order valence-corrected chi connectivity index (χ3v) is 2.20. The number of nitrogens with one attached hydrogen (secondary N) is 1. The van der Waals surface area contributed by atoms with Crippen LogP contribution in [-0.4, -0.2) is 15.7 Å². The fourth-order valence-corrected chi connectivity index (χ4v) is 1.45. The topological polar surface area (TPSA) is 46.9 Å². The number of aromatic nitrogens is 2. The second-order valence-electron chi connectivity index (χ2n) is 3.52. The van der Waals surface area contributed by atoms with Crippen LogP contribution < -0.4 is 5.32 Å². The Bertz CT molecular complexity index is 502. The summed E-state index contributed by atoms with van der Waals surface area (Å²) >= 11 is 0. The number of amides is 1. The van der Waals surface area contributed by atoms with Crippen LogP contribution in [0.3, 0.4) is 0 Å². The molecule has 0 aliphatic carbocycles. The molecule has 4 nitrogen and oxygen atoms in total. The Morgan fingerprint density at radius 2 is 2.31 bits per heavy atom. The molecule has 81 valence electrons. The van der Waals surface area contributed by atoms with E-state index in [0.717, 1.165) is 5.69 Å². The van der Waals surface area contributed by atoms with Crippen molar-refractivity contribution >= 4 is 11.7 Å². The average molecular weight is 214 g/mol. The summed E-state index contributed by atoms with van der Waals surface area (Å²) in [5, 5.41) is 6.93. The Labute approximate surface area is 93.9 Å². The molecule has 2 aromatic rings. The Hall–Kier alpha value is -2.10. The first-order valence-corrected chi connectivity index (χ1v) is 4.95. The Kier molecular flexibility index (Phi) is 2.72. The van der Waals surface area contributed by atoms with Crippen LogP contribution in [0.1, 0.15) is 16.1 Å². The van der Waals surface area contributed by atoms with Gasteiger partial charge in [0.15, 0.2) is 0 Å². The molecule has 0 saturated carbocycles. The van der Waals surface area contributed by atoms with Crippen molar-refractivity contribution in [3.8, 4) is 0 Å². The van der Waals surface area contributed by atoms with Gasteiger partial charge >= 0.3 is 0 Å². The van der Waals surface area contributed by atoms with Crippen molar-refractivity contribution < 1.29 is 4.79 Å². The number of carbonyl (C=O) groups excluding carboxylic acids is 1. The summed E-state index contributed by atoms with van der Waals surface area (Å²) < 4.78 is 1.64. The standard InChI is InChI=1S/C12H12N3O/c1-9-8-11(15(2)14-9)13-12(16)10-6-4-3-5-7-10/h3-6,8H,1-2H3,(H,13,16). The van der Waals surface area contributed by atoms with E-state index in [-0.39, 0.29) is 5.91 Å². The van der Waals surface area contributed by atoms with Gasteiger partial charge in [0.25, 0.3) is 5.91 Å². The van der Waals surface area contributed by atoms with Crippen molar-refractivity contribution in [2.45, 2.75) is 6.92 Å². The number of rotatable bonds is 2. The van der Waals surface area contributed by atoms with Crippen molar-refractivity contribution in [2.24, 2.45) is 7.05 Å². The zero-order chi connectivity index (χ0) is 11.5. The van der Waals surface area contributed by atoms with Gasteiger partial charge in [0.1, 0.15) is 5.82 Å². The van der Waals surface area contributed by atoms with Gasteiger partial charge < -0.3 is 5.32 Å². The van der Waals surface area contributed by atoms with Crippen molar-refractivity contribution in [1.29, 1.82) is 0 Å². The summed E-state index contributed by atoms with van der Waals surface area (Å²) in [7, 11) is 1.79. The molecule has 2 rings (SSSR count). The molecule has 0 spiro atoms. The lowest BCUT2D eigenvalue weighted by atomic mass is 10.2. The van der Waals surface area contributed by atoms with Crippen LogP contribution in [0.4, 0.5) is 5.82 Å². The van der Waals surface area contributed by atoms with Crippen LogP contribution in [0.15, 0.2) is 30.3 Å². The van der Waals surface area contributed by atoms with Crippen molar-refractivity contribution in [3.63, 3.8) is 0 Å². The van der Waals surface area contributed by atoms with Crippen LogP contribution in [-0.2, 0) is 7.05 Å². The molecule has 0 aliphatic rings. The van der Waals surface area contributed by atoms with Crippen LogP contribution in [0.5, 0.6) is 0 Å². The zero-order valence-electron chi connectivity index (χ0n) is 9.19. The Balaban J connectivity index is 2.17. The van der Waals surface area contributed by atoms with Crippen molar-refractivity contribution in [2.75, 3.05) is 5.32 Å². The van der Waals surface area contributed by atoms with E-state index in [1.807, 2.05) is 19.1 Å². The highest BCUT2D eigenvalue weighted by Gasteiger charge is 2.08. The SMILES string of the molecule is Cc1cc(NC(=O)c2[c]cccc2)n(C)n1. The van der Waals surface area contributed by atoms with E-state index >= 15 is 0 Å². The molecule has 1 heterocycles. The van der Waals surface area contributed by atoms with E-state index in [1.54, 1.807) is 29.9 Å². The van der Waals surface area contributed by atoms with Gasteiger partial charge in [0.2, 0.25) is 0 Å². The minimum Gasteiger partial charge on any atom is -0.307 e. The minimum absolute atomic E-state index is 0.177. The molecule has 1 aromatic carbocycles.